The highest BCUT2D eigenvalue weighted by Crippen LogP contribution is 2.34. The molecule has 1 saturated heterocycles. The first-order valence-electron chi connectivity index (χ1n) is 6.41. The molecule has 1 aromatic rings. The number of nitrogens with two attached hydrogens (primary N) is 1. The minimum absolute atomic E-state index is 0.00796. The molecule has 21 heavy (non-hydrogen) atoms. The molecule has 2 atom stereocenters. The minimum atomic E-state index is -4.78. The van der Waals surface area contributed by atoms with Gasteiger partial charge in [0, 0.05) is 6.04 Å². The molecule has 3 nitrogen and oxygen atoms in total. The first-order valence-corrected chi connectivity index (χ1v) is 8.23. The van der Waals surface area contributed by atoms with Crippen LogP contribution in [-0.2, 0) is 16.0 Å². The third-order valence-electron chi connectivity index (χ3n) is 3.64. The Morgan fingerprint density at radius 3 is 2.52 bits per heavy atom. The fourth-order valence-corrected chi connectivity index (χ4v) is 4.42. The summed E-state index contributed by atoms with van der Waals surface area (Å²) in [5.41, 5.74) is 4.65. The molecule has 1 aliphatic rings. The van der Waals surface area contributed by atoms with E-state index in [4.69, 9.17) is 5.73 Å². The maximum Gasteiger partial charge on any atom is 0.419 e. The van der Waals surface area contributed by atoms with Crippen LogP contribution in [0.1, 0.15) is 30.0 Å². The van der Waals surface area contributed by atoms with Crippen molar-refractivity contribution in [2.45, 2.75) is 25.1 Å². The minimum Gasteiger partial charge on any atom is -0.324 e. The normalized spacial score (nSPS) is 23.2. The van der Waals surface area contributed by atoms with Crippen LogP contribution >= 0.6 is 0 Å². The third-order valence-corrected chi connectivity index (χ3v) is 5.47. The molecular weight excluding hydrogens is 310 g/mol. The first kappa shape index (κ1) is 16.2. The Bertz CT molecular complexity index is 628. The van der Waals surface area contributed by atoms with Crippen molar-refractivity contribution in [3.8, 4) is 0 Å². The van der Waals surface area contributed by atoms with Crippen LogP contribution in [0.5, 0.6) is 0 Å². The smallest absolute Gasteiger partial charge is 0.324 e. The van der Waals surface area contributed by atoms with Gasteiger partial charge in [-0.05, 0) is 36.5 Å². The molecule has 1 aromatic carbocycles. The van der Waals surface area contributed by atoms with Crippen molar-refractivity contribution in [2.75, 3.05) is 11.5 Å². The Hall–Kier alpha value is -1.15. The number of benzene rings is 1. The van der Waals surface area contributed by atoms with E-state index in [1.807, 2.05) is 0 Å². The molecule has 0 aliphatic carbocycles. The Kier molecular flexibility index (Phi) is 4.30. The van der Waals surface area contributed by atoms with E-state index in [9.17, 15) is 26.0 Å². The lowest BCUT2D eigenvalue weighted by Gasteiger charge is -2.17. The molecule has 1 heterocycles. The van der Waals surface area contributed by atoms with Crippen LogP contribution in [0, 0.1) is 11.7 Å². The molecule has 0 saturated carbocycles. The largest absolute Gasteiger partial charge is 0.419 e. The van der Waals surface area contributed by atoms with E-state index >= 15 is 0 Å². The fourth-order valence-electron chi connectivity index (χ4n) is 2.54. The molecule has 2 rings (SSSR count). The third kappa shape index (κ3) is 3.94. The topological polar surface area (TPSA) is 60.2 Å². The van der Waals surface area contributed by atoms with Gasteiger partial charge in [0.25, 0.3) is 0 Å². The van der Waals surface area contributed by atoms with Gasteiger partial charge in [-0.1, -0.05) is 6.07 Å². The van der Waals surface area contributed by atoms with Gasteiger partial charge in [0.15, 0.2) is 9.84 Å². The van der Waals surface area contributed by atoms with Crippen molar-refractivity contribution >= 4 is 9.84 Å². The SMILES string of the molecule is NC(CC1CCS(=O)(=O)C1)c1ccc(F)c(C(F)(F)F)c1. The van der Waals surface area contributed by atoms with Gasteiger partial charge in [0.05, 0.1) is 17.1 Å². The molecule has 1 fully saturated rings. The van der Waals surface area contributed by atoms with Gasteiger partial charge in [0.2, 0.25) is 0 Å². The molecule has 1 aliphatic heterocycles. The maximum absolute atomic E-state index is 13.2. The second-order valence-electron chi connectivity index (χ2n) is 5.35. The highest BCUT2D eigenvalue weighted by Gasteiger charge is 2.35. The van der Waals surface area contributed by atoms with Crippen molar-refractivity contribution in [1.82, 2.24) is 0 Å². The highest BCUT2D eigenvalue weighted by molar-refractivity contribution is 7.91. The number of rotatable bonds is 3. The molecule has 118 valence electrons. The zero-order chi connectivity index (χ0) is 15.8. The van der Waals surface area contributed by atoms with Gasteiger partial charge in [-0.3, -0.25) is 0 Å². The number of alkyl halides is 3. The van der Waals surface area contributed by atoms with Gasteiger partial charge in [-0.15, -0.1) is 0 Å². The summed E-state index contributed by atoms with van der Waals surface area (Å²) >= 11 is 0. The maximum atomic E-state index is 13.2. The van der Waals surface area contributed by atoms with E-state index in [2.05, 4.69) is 0 Å². The lowest BCUT2D eigenvalue weighted by molar-refractivity contribution is -0.140. The Morgan fingerprint density at radius 1 is 1.33 bits per heavy atom. The van der Waals surface area contributed by atoms with Crippen LogP contribution in [0.15, 0.2) is 18.2 Å². The van der Waals surface area contributed by atoms with E-state index < -0.39 is 33.4 Å². The van der Waals surface area contributed by atoms with E-state index in [-0.39, 0.29) is 29.4 Å². The summed E-state index contributed by atoms with van der Waals surface area (Å²) < 4.78 is 73.8. The molecule has 0 spiro atoms. The Labute approximate surface area is 120 Å². The zero-order valence-electron chi connectivity index (χ0n) is 11.0. The average Bonchev–Trinajstić information content (AvgIpc) is 2.67. The van der Waals surface area contributed by atoms with Crippen molar-refractivity contribution in [3.05, 3.63) is 35.1 Å². The zero-order valence-corrected chi connectivity index (χ0v) is 11.8. The summed E-state index contributed by atoms with van der Waals surface area (Å²) in [6, 6.07) is 1.90. The molecule has 0 radical (unpaired) electrons. The van der Waals surface area contributed by atoms with Crippen molar-refractivity contribution in [3.63, 3.8) is 0 Å². The fraction of sp³-hybridized carbons (Fsp3) is 0.538. The van der Waals surface area contributed by atoms with Crippen LogP contribution in [0.4, 0.5) is 17.6 Å². The standard InChI is InChI=1S/C13H15F4NO2S/c14-11-2-1-9(6-10(11)13(15,16)17)12(18)5-8-3-4-21(19,20)7-8/h1-2,6,8,12H,3-5,7,18H2. The summed E-state index contributed by atoms with van der Waals surface area (Å²) in [6.07, 6.45) is -4.05. The quantitative estimate of drug-likeness (QED) is 0.869. The van der Waals surface area contributed by atoms with Gasteiger partial charge < -0.3 is 5.73 Å². The van der Waals surface area contributed by atoms with Crippen molar-refractivity contribution in [2.24, 2.45) is 11.7 Å². The lowest BCUT2D eigenvalue weighted by Crippen LogP contribution is -2.18. The van der Waals surface area contributed by atoms with E-state index in [0.29, 0.717) is 12.5 Å². The van der Waals surface area contributed by atoms with Crippen LogP contribution in [-0.4, -0.2) is 19.9 Å². The van der Waals surface area contributed by atoms with E-state index in [1.165, 1.54) is 6.07 Å². The number of hydrogen-bond acceptors (Lipinski definition) is 3. The molecule has 2 N–H and O–H groups in total. The number of hydrogen-bond donors (Lipinski definition) is 1. The molecule has 0 amide bonds. The highest BCUT2D eigenvalue weighted by atomic mass is 32.2. The van der Waals surface area contributed by atoms with Gasteiger partial charge in [-0.2, -0.15) is 13.2 Å². The lowest BCUT2D eigenvalue weighted by atomic mass is 9.94. The van der Waals surface area contributed by atoms with Crippen molar-refractivity contribution < 1.29 is 26.0 Å². The summed E-state index contributed by atoms with van der Waals surface area (Å²) in [4.78, 5) is 0. The number of sulfone groups is 1. The summed E-state index contributed by atoms with van der Waals surface area (Å²) in [7, 11) is -3.06. The second-order valence-corrected chi connectivity index (χ2v) is 7.58. The van der Waals surface area contributed by atoms with Crippen molar-refractivity contribution in [1.29, 1.82) is 0 Å². The molecule has 8 heteroatoms. The Morgan fingerprint density at radius 2 is 2.00 bits per heavy atom. The molecular formula is C13H15F4NO2S. The predicted molar refractivity (Wildman–Crippen MR) is 69.7 cm³/mol. The predicted octanol–water partition coefficient (Wildman–Crippen LogP) is 2.67. The molecule has 0 aromatic heterocycles. The second kappa shape index (κ2) is 5.57. The van der Waals surface area contributed by atoms with Crippen LogP contribution in [0.25, 0.3) is 0 Å². The average molecular weight is 325 g/mol. The first-order chi connectivity index (χ1) is 9.58. The molecule has 0 bridgehead atoms. The van der Waals surface area contributed by atoms with E-state index in [1.54, 1.807) is 0 Å². The van der Waals surface area contributed by atoms with Crippen LogP contribution in [0.2, 0.25) is 0 Å². The summed E-state index contributed by atoms with van der Waals surface area (Å²) in [5.74, 6) is -1.42. The Balaban J connectivity index is 2.15. The molecule has 2 unspecified atom stereocenters. The van der Waals surface area contributed by atoms with Gasteiger partial charge in [0.1, 0.15) is 5.82 Å². The van der Waals surface area contributed by atoms with E-state index in [0.717, 1.165) is 6.07 Å². The summed E-state index contributed by atoms with van der Waals surface area (Å²) in [5, 5.41) is 0. The summed E-state index contributed by atoms with van der Waals surface area (Å²) in [6.45, 7) is 0. The van der Waals surface area contributed by atoms with Crippen LogP contribution < -0.4 is 5.73 Å². The van der Waals surface area contributed by atoms with Crippen LogP contribution in [0.3, 0.4) is 0 Å². The van der Waals surface area contributed by atoms with Gasteiger partial charge in [-0.25, -0.2) is 12.8 Å². The monoisotopic (exact) mass is 325 g/mol. The van der Waals surface area contributed by atoms with Gasteiger partial charge >= 0.3 is 6.18 Å². The number of halogens is 4.